The molecule has 1 saturated carbocycles. The van der Waals surface area contributed by atoms with Crippen LogP contribution in [0.3, 0.4) is 0 Å². The molecule has 0 spiro atoms. The molecule has 2 aliphatic rings. The number of nitrogens with two attached hydrogens (primary N) is 1. The first-order valence-corrected chi connectivity index (χ1v) is 11.9. The molecule has 7 nitrogen and oxygen atoms in total. The van der Waals surface area contributed by atoms with Gasteiger partial charge in [0.05, 0.1) is 0 Å². The van der Waals surface area contributed by atoms with Gasteiger partial charge in [0.25, 0.3) is 0 Å². The van der Waals surface area contributed by atoms with Crippen LogP contribution in [0.1, 0.15) is 63.4 Å². The third-order valence-corrected chi connectivity index (χ3v) is 6.70. The Hall–Kier alpha value is -2.28. The summed E-state index contributed by atoms with van der Waals surface area (Å²) in [6.07, 6.45) is 9.54. The number of imide groups is 1. The third kappa shape index (κ3) is 7.13. The number of hydrogen-bond donors (Lipinski definition) is 3. The standard InChI is InChI=1S/C24H38N4O3/c25-15-12-20-8-10-21(11-9-20)26-22-13-17-27(18-14-22)23(29)28(24(30)31)16-4-7-19-5-2-1-3-6-19/h8-11,19,22,26H,1-7,12-18,25H2,(H,30,31). The second-order valence-electron chi connectivity index (χ2n) is 9.00. The lowest BCUT2D eigenvalue weighted by Crippen LogP contribution is -2.50. The molecule has 0 bridgehead atoms. The molecule has 3 amide bonds. The lowest BCUT2D eigenvalue weighted by Gasteiger charge is -2.35. The van der Waals surface area contributed by atoms with Crippen LogP contribution in [0.15, 0.2) is 24.3 Å². The number of benzene rings is 1. The van der Waals surface area contributed by atoms with E-state index in [0.29, 0.717) is 32.1 Å². The molecule has 2 fully saturated rings. The maximum Gasteiger partial charge on any atom is 0.415 e. The van der Waals surface area contributed by atoms with E-state index in [9.17, 15) is 14.7 Å². The second-order valence-corrected chi connectivity index (χ2v) is 9.00. The molecule has 0 unspecified atom stereocenters. The molecule has 31 heavy (non-hydrogen) atoms. The molecule has 172 valence electrons. The van der Waals surface area contributed by atoms with E-state index in [1.165, 1.54) is 37.7 Å². The third-order valence-electron chi connectivity index (χ3n) is 6.70. The topological polar surface area (TPSA) is 98.9 Å². The normalized spacial score (nSPS) is 18.0. The number of carboxylic acid groups (broad SMARTS) is 1. The lowest BCUT2D eigenvalue weighted by molar-refractivity contribution is 0.120. The van der Waals surface area contributed by atoms with Crippen molar-refractivity contribution in [1.82, 2.24) is 9.80 Å². The molecule has 1 heterocycles. The second kappa shape index (κ2) is 11.9. The van der Waals surface area contributed by atoms with Crippen molar-refractivity contribution >= 4 is 17.8 Å². The summed E-state index contributed by atoms with van der Waals surface area (Å²) < 4.78 is 0. The largest absolute Gasteiger partial charge is 0.465 e. The van der Waals surface area contributed by atoms with Gasteiger partial charge in [0.15, 0.2) is 0 Å². The van der Waals surface area contributed by atoms with E-state index in [4.69, 9.17) is 5.73 Å². The average molecular weight is 431 g/mol. The van der Waals surface area contributed by atoms with Crippen molar-refractivity contribution in [2.45, 2.75) is 70.3 Å². The minimum Gasteiger partial charge on any atom is -0.465 e. The van der Waals surface area contributed by atoms with E-state index in [0.717, 1.165) is 42.7 Å². The molecule has 1 aromatic carbocycles. The first kappa shape index (κ1) is 23.4. The lowest BCUT2D eigenvalue weighted by atomic mass is 9.86. The van der Waals surface area contributed by atoms with Gasteiger partial charge >= 0.3 is 12.1 Å². The van der Waals surface area contributed by atoms with E-state index >= 15 is 0 Å². The number of rotatable bonds is 8. The van der Waals surface area contributed by atoms with E-state index in [1.807, 2.05) is 0 Å². The summed E-state index contributed by atoms with van der Waals surface area (Å²) in [5.74, 6) is 0.700. The van der Waals surface area contributed by atoms with Crippen LogP contribution in [0.2, 0.25) is 0 Å². The summed E-state index contributed by atoms with van der Waals surface area (Å²) in [7, 11) is 0. The van der Waals surface area contributed by atoms with Crippen molar-refractivity contribution in [1.29, 1.82) is 0 Å². The van der Waals surface area contributed by atoms with Crippen LogP contribution in [0.5, 0.6) is 0 Å². The molecule has 0 atom stereocenters. The molecule has 0 radical (unpaired) electrons. The zero-order valence-electron chi connectivity index (χ0n) is 18.6. The SMILES string of the molecule is NCCc1ccc(NC2CCN(C(=O)N(CCCC3CCCCC3)C(=O)O)CC2)cc1. The van der Waals surface area contributed by atoms with Crippen molar-refractivity contribution in [2.24, 2.45) is 11.7 Å². The Balaban J connectivity index is 1.43. The van der Waals surface area contributed by atoms with Gasteiger partial charge in [-0.3, -0.25) is 0 Å². The highest BCUT2D eigenvalue weighted by Gasteiger charge is 2.29. The molecule has 1 aliphatic carbocycles. The van der Waals surface area contributed by atoms with Gasteiger partial charge in [-0.1, -0.05) is 44.2 Å². The molecule has 1 aromatic rings. The minimum atomic E-state index is -1.13. The van der Waals surface area contributed by atoms with Crippen LogP contribution in [0.4, 0.5) is 15.3 Å². The monoisotopic (exact) mass is 430 g/mol. The number of amides is 3. The number of urea groups is 1. The van der Waals surface area contributed by atoms with Gasteiger partial charge in [-0.25, -0.2) is 14.5 Å². The Bertz CT molecular complexity index is 695. The molecular formula is C24H38N4O3. The molecular weight excluding hydrogens is 392 g/mol. The summed E-state index contributed by atoms with van der Waals surface area (Å²) in [4.78, 5) is 27.2. The maximum atomic E-state index is 12.8. The number of anilines is 1. The van der Waals surface area contributed by atoms with Crippen molar-refractivity contribution in [3.63, 3.8) is 0 Å². The average Bonchev–Trinajstić information content (AvgIpc) is 2.79. The summed E-state index contributed by atoms with van der Waals surface area (Å²) >= 11 is 0. The first-order valence-electron chi connectivity index (χ1n) is 11.9. The molecule has 1 saturated heterocycles. The summed E-state index contributed by atoms with van der Waals surface area (Å²) in [5, 5.41) is 13.1. The zero-order chi connectivity index (χ0) is 22.1. The Kier molecular flexibility index (Phi) is 9.00. The molecule has 3 rings (SSSR count). The van der Waals surface area contributed by atoms with Crippen molar-refractivity contribution in [3.8, 4) is 0 Å². The summed E-state index contributed by atoms with van der Waals surface area (Å²) in [6, 6.07) is 8.24. The van der Waals surface area contributed by atoms with Crippen LogP contribution in [0.25, 0.3) is 0 Å². The molecule has 1 aliphatic heterocycles. The Morgan fingerprint density at radius 2 is 1.74 bits per heavy atom. The maximum absolute atomic E-state index is 12.8. The van der Waals surface area contributed by atoms with Gasteiger partial charge in [0.1, 0.15) is 0 Å². The smallest absolute Gasteiger partial charge is 0.415 e. The molecule has 7 heteroatoms. The van der Waals surface area contributed by atoms with E-state index in [-0.39, 0.29) is 12.1 Å². The highest BCUT2D eigenvalue weighted by Crippen LogP contribution is 2.27. The number of likely N-dealkylation sites (tertiary alicyclic amines) is 1. The van der Waals surface area contributed by atoms with Crippen molar-refractivity contribution in [3.05, 3.63) is 29.8 Å². The number of hydrogen-bond acceptors (Lipinski definition) is 4. The van der Waals surface area contributed by atoms with Gasteiger partial charge in [0.2, 0.25) is 0 Å². The highest BCUT2D eigenvalue weighted by atomic mass is 16.4. The number of carbonyl (C=O) groups excluding carboxylic acids is 1. The van der Waals surface area contributed by atoms with Gasteiger partial charge in [-0.05, 0) is 62.3 Å². The molecule has 4 N–H and O–H groups in total. The van der Waals surface area contributed by atoms with E-state index in [1.54, 1.807) is 4.90 Å². The number of nitrogens with zero attached hydrogens (tertiary/aromatic N) is 2. The van der Waals surface area contributed by atoms with Crippen LogP contribution >= 0.6 is 0 Å². The summed E-state index contributed by atoms with van der Waals surface area (Å²) in [5.41, 5.74) is 7.90. The minimum absolute atomic E-state index is 0.286. The highest BCUT2D eigenvalue weighted by molar-refractivity contribution is 5.90. The van der Waals surface area contributed by atoms with E-state index in [2.05, 4.69) is 29.6 Å². The quantitative estimate of drug-likeness (QED) is 0.563. The Labute approximate surface area is 186 Å². The van der Waals surface area contributed by atoms with Crippen LogP contribution < -0.4 is 11.1 Å². The van der Waals surface area contributed by atoms with Crippen LogP contribution in [-0.2, 0) is 6.42 Å². The summed E-state index contributed by atoms with van der Waals surface area (Å²) in [6.45, 7) is 2.10. The van der Waals surface area contributed by atoms with Crippen LogP contribution in [-0.4, -0.2) is 59.3 Å². The Morgan fingerprint density at radius 3 is 2.35 bits per heavy atom. The molecule has 0 aromatic heterocycles. The van der Waals surface area contributed by atoms with E-state index < -0.39 is 6.09 Å². The van der Waals surface area contributed by atoms with Crippen LogP contribution in [0, 0.1) is 5.92 Å². The fourth-order valence-corrected chi connectivity index (χ4v) is 4.84. The van der Waals surface area contributed by atoms with Gasteiger partial charge < -0.3 is 21.1 Å². The van der Waals surface area contributed by atoms with Crippen molar-refractivity contribution < 1.29 is 14.7 Å². The number of nitrogens with one attached hydrogen (secondary N) is 1. The Morgan fingerprint density at radius 1 is 1.06 bits per heavy atom. The van der Waals surface area contributed by atoms with Gasteiger partial charge in [-0.15, -0.1) is 0 Å². The fourth-order valence-electron chi connectivity index (χ4n) is 4.84. The number of piperidine rings is 1. The van der Waals surface area contributed by atoms with Crippen molar-refractivity contribution in [2.75, 3.05) is 31.5 Å². The predicted molar refractivity (Wildman–Crippen MR) is 123 cm³/mol. The zero-order valence-corrected chi connectivity index (χ0v) is 18.6. The number of carbonyl (C=O) groups is 2. The fraction of sp³-hybridized carbons (Fsp3) is 0.667. The van der Waals surface area contributed by atoms with Gasteiger partial charge in [0, 0.05) is 31.4 Å². The predicted octanol–water partition coefficient (Wildman–Crippen LogP) is 4.52. The first-order chi connectivity index (χ1) is 15.1. The van der Waals surface area contributed by atoms with Gasteiger partial charge in [-0.2, -0.15) is 0 Å².